The minimum absolute atomic E-state index is 0.0174. The van der Waals surface area contributed by atoms with E-state index in [-0.39, 0.29) is 23.8 Å². The maximum Gasteiger partial charge on any atom is 0.254 e. The van der Waals surface area contributed by atoms with Gasteiger partial charge in [-0.05, 0) is 44.7 Å². The Bertz CT molecular complexity index is 728. The minimum atomic E-state index is -0.471. The molecule has 2 aliphatic rings. The topological polar surface area (TPSA) is 67.9 Å². The lowest BCUT2D eigenvalue weighted by Gasteiger charge is -2.53. The summed E-state index contributed by atoms with van der Waals surface area (Å²) >= 11 is 0. The van der Waals surface area contributed by atoms with Crippen molar-refractivity contribution in [3.63, 3.8) is 0 Å². The van der Waals surface area contributed by atoms with Crippen molar-refractivity contribution in [2.45, 2.75) is 69.9 Å². The number of hydrogen-bond acceptors (Lipinski definition) is 4. The maximum atomic E-state index is 13.5. The van der Waals surface area contributed by atoms with Crippen molar-refractivity contribution in [3.8, 4) is 0 Å². The highest BCUT2D eigenvalue weighted by Crippen LogP contribution is 2.49. The van der Waals surface area contributed by atoms with Crippen LogP contribution in [-0.4, -0.2) is 61.8 Å². The molecule has 30 heavy (non-hydrogen) atoms. The SMILES string of the molecule is COCCN1C(=O)c2ccccc2[C@H](C(=O)NCCCOC(C)C)C12CCCCC2. The highest BCUT2D eigenvalue weighted by molar-refractivity contribution is 6.02. The Labute approximate surface area is 180 Å². The van der Waals surface area contributed by atoms with E-state index in [0.717, 1.165) is 44.1 Å². The molecule has 0 bridgehead atoms. The standard InChI is InChI=1S/C24H36N2O4/c1-18(2)30-16-9-14-25-22(27)21-19-10-5-6-11-20(19)23(28)26(15-17-29-3)24(21)12-7-4-8-13-24/h5-6,10-11,18,21H,4,7-9,12-17H2,1-3H3,(H,25,27)/t21-/m1/s1. The smallest absolute Gasteiger partial charge is 0.254 e. The second-order valence-corrected chi connectivity index (χ2v) is 8.70. The molecule has 1 heterocycles. The van der Waals surface area contributed by atoms with Crippen LogP contribution >= 0.6 is 0 Å². The molecule has 6 nitrogen and oxygen atoms in total. The molecular weight excluding hydrogens is 380 g/mol. The van der Waals surface area contributed by atoms with Gasteiger partial charge in [-0.2, -0.15) is 0 Å². The molecule has 1 aromatic carbocycles. The van der Waals surface area contributed by atoms with E-state index in [1.165, 1.54) is 0 Å². The zero-order valence-corrected chi connectivity index (χ0v) is 18.6. The predicted octanol–water partition coefficient (Wildman–Crippen LogP) is 3.51. The molecule has 6 heteroatoms. The van der Waals surface area contributed by atoms with Crippen LogP contribution in [0.3, 0.4) is 0 Å². The summed E-state index contributed by atoms with van der Waals surface area (Å²) in [5.41, 5.74) is 1.04. The zero-order valence-electron chi connectivity index (χ0n) is 18.6. The third kappa shape index (κ3) is 4.70. The van der Waals surface area contributed by atoms with Gasteiger partial charge in [-0.3, -0.25) is 9.59 Å². The van der Waals surface area contributed by atoms with Crippen LogP contribution in [0.25, 0.3) is 0 Å². The fraction of sp³-hybridized carbons (Fsp3) is 0.667. The van der Waals surface area contributed by atoms with Crippen LogP contribution in [0.2, 0.25) is 0 Å². The van der Waals surface area contributed by atoms with Crippen molar-refractivity contribution in [2.24, 2.45) is 0 Å². The van der Waals surface area contributed by atoms with E-state index < -0.39 is 5.54 Å². The van der Waals surface area contributed by atoms with Gasteiger partial charge in [0.2, 0.25) is 5.91 Å². The highest BCUT2D eigenvalue weighted by Gasteiger charge is 2.54. The second-order valence-electron chi connectivity index (χ2n) is 8.70. The van der Waals surface area contributed by atoms with E-state index in [2.05, 4.69) is 5.32 Å². The molecule has 1 aromatic rings. The largest absolute Gasteiger partial charge is 0.383 e. The van der Waals surface area contributed by atoms with Crippen molar-refractivity contribution < 1.29 is 19.1 Å². The Morgan fingerprint density at radius 3 is 2.63 bits per heavy atom. The molecule has 0 aromatic heterocycles. The summed E-state index contributed by atoms with van der Waals surface area (Å²) in [4.78, 5) is 28.9. The van der Waals surface area contributed by atoms with Gasteiger partial charge in [0.15, 0.2) is 0 Å². The van der Waals surface area contributed by atoms with Crippen LogP contribution in [0.5, 0.6) is 0 Å². The number of nitrogens with zero attached hydrogens (tertiary/aromatic N) is 1. The van der Waals surface area contributed by atoms with Crippen molar-refractivity contribution in [3.05, 3.63) is 35.4 Å². The summed E-state index contributed by atoms with van der Waals surface area (Å²) in [6.07, 6.45) is 5.89. The van der Waals surface area contributed by atoms with Gasteiger partial charge >= 0.3 is 0 Å². The van der Waals surface area contributed by atoms with Crippen LogP contribution in [0.1, 0.15) is 74.2 Å². The molecular formula is C24H36N2O4. The molecule has 1 aliphatic carbocycles. The first-order chi connectivity index (χ1) is 14.5. The molecule has 1 saturated carbocycles. The number of ether oxygens (including phenoxy) is 2. The van der Waals surface area contributed by atoms with E-state index in [0.29, 0.717) is 31.9 Å². The number of hydrogen-bond donors (Lipinski definition) is 1. The van der Waals surface area contributed by atoms with Gasteiger partial charge in [-0.25, -0.2) is 0 Å². The Balaban J connectivity index is 1.89. The Hall–Kier alpha value is -1.92. The van der Waals surface area contributed by atoms with Gasteiger partial charge in [0, 0.05) is 32.4 Å². The normalized spacial score (nSPS) is 20.5. The molecule has 0 radical (unpaired) electrons. The number of benzene rings is 1. The molecule has 1 spiro atoms. The number of nitrogens with one attached hydrogen (secondary N) is 1. The van der Waals surface area contributed by atoms with Crippen molar-refractivity contribution >= 4 is 11.8 Å². The van der Waals surface area contributed by atoms with Crippen molar-refractivity contribution in [1.82, 2.24) is 10.2 Å². The Kier molecular flexibility index (Phi) is 7.89. The van der Waals surface area contributed by atoms with E-state index in [1.807, 2.05) is 43.0 Å². The van der Waals surface area contributed by atoms with Gasteiger partial charge in [-0.1, -0.05) is 37.5 Å². The third-order valence-electron chi connectivity index (χ3n) is 6.39. The highest BCUT2D eigenvalue weighted by atomic mass is 16.5. The molecule has 0 saturated heterocycles. The van der Waals surface area contributed by atoms with Crippen LogP contribution in [0.4, 0.5) is 0 Å². The summed E-state index contributed by atoms with van der Waals surface area (Å²) in [5.74, 6) is -0.308. The van der Waals surface area contributed by atoms with Crippen LogP contribution < -0.4 is 5.32 Å². The lowest BCUT2D eigenvalue weighted by atomic mass is 9.65. The number of fused-ring (bicyclic) bond motifs is 1. The molecule has 0 unspecified atom stereocenters. The first-order valence-corrected chi connectivity index (χ1v) is 11.3. The first-order valence-electron chi connectivity index (χ1n) is 11.3. The first kappa shape index (κ1) is 22.8. The van der Waals surface area contributed by atoms with Gasteiger partial charge in [0.1, 0.15) is 0 Å². The second kappa shape index (κ2) is 10.4. The molecule has 1 N–H and O–H groups in total. The molecule has 1 aliphatic heterocycles. The number of carbonyl (C=O) groups is 2. The third-order valence-corrected chi connectivity index (χ3v) is 6.39. The monoisotopic (exact) mass is 416 g/mol. The number of methoxy groups -OCH3 is 1. The van der Waals surface area contributed by atoms with Crippen molar-refractivity contribution in [2.75, 3.05) is 33.4 Å². The summed E-state index contributed by atoms with van der Waals surface area (Å²) in [7, 11) is 1.65. The molecule has 2 amide bonds. The van der Waals surface area contributed by atoms with Gasteiger partial charge in [0.25, 0.3) is 5.91 Å². The van der Waals surface area contributed by atoms with Crippen LogP contribution in [0, 0.1) is 0 Å². The van der Waals surface area contributed by atoms with Crippen molar-refractivity contribution in [1.29, 1.82) is 0 Å². The Morgan fingerprint density at radius 1 is 1.20 bits per heavy atom. The molecule has 1 fully saturated rings. The molecule has 166 valence electrons. The average Bonchev–Trinajstić information content (AvgIpc) is 2.74. The molecule has 1 atom stereocenters. The van der Waals surface area contributed by atoms with Gasteiger partial charge in [0.05, 0.1) is 24.2 Å². The fourth-order valence-corrected chi connectivity index (χ4v) is 5.06. The lowest BCUT2D eigenvalue weighted by Crippen LogP contribution is -2.63. The van der Waals surface area contributed by atoms with E-state index in [1.54, 1.807) is 7.11 Å². The van der Waals surface area contributed by atoms with E-state index in [4.69, 9.17) is 9.47 Å². The summed E-state index contributed by atoms with van der Waals surface area (Å²) in [6.45, 7) is 6.20. The number of rotatable bonds is 9. The molecule has 3 rings (SSSR count). The number of carbonyl (C=O) groups excluding carboxylic acids is 2. The lowest BCUT2D eigenvalue weighted by molar-refractivity contribution is -0.127. The Morgan fingerprint density at radius 2 is 1.93 bits per heavy atom. The summed E-state index contributed by atoms with van der Waals surface area (Å²) in [6, 6.07) is 7.62. The van der Waals surface area contributed by atoms with Gasteiger partial charge in [-0.15, -0.1) is 0 Å². The van der Waals surface area contributed by atoms with E-state index in [9.17, 15) is 9.59 Å². The zero-order chi connectivity index (χ0) is 21.6. The quantitative estimate of drug-likeness (QED) is 0.626. The summed E-state index contributed by atoms with van der Waals surface area (Å²) < 4.78 is 10.9. The fourth-order valence-electron chi connectivity index (χ4n) is 5.06. The maximum absolute atomic E-state index is 13.5. The minimum Gasteiger partial charge on any atom is -0.383 e. The van der Waals surface area contributed by atoms with Gasteiger partial charge < -0.3 is 19.7 Å². The van der Waals surface area contributed by atoms with E-state index >= 15 is 0 Å². The number of amides is 2. The average molecular weight is 417 g/mol. The summed E-state index contributed by atoms with van der Waals surface area (Å²) in [5, 5.41) is 3.14. The van der Waals surface area contributed by atoms with Crippen LogP contribution in [-0.2, 0) is 14.3 Å². The predicted molar refractivity (Wildman–Crippen MR) is 117 cm³/mol. The van der Waals surface area contributed by atoms with Crippen LogP contribution in [0.15, 0.2) is 24.3 Å².